The van der Waals surface area contributed by atoms with Crippen LogP contribution in [-0.4, -0.2) is 26.2 Å². The van der Waals surface area contributed by atoms with Gasteiger partial charge in [0.1, 0.15) is 0 Å². The van der Waals surface area contributed by atoms with E-state index < -0.39 is 6.04 Å². The van der Waals surface area contributed by atoms with E-state index in [2.05, 4.69) is 268 Å². The van der Waals surface area contributed by atoms with Crippen molar-refractivity contribution < 1.29 is 6.85 Å². The van der Waals surface area contributed by atoms with Gasteiger partial charge < -0.3 is 0 Å². The Morgan fingerprint density at radius 2 is 0.953 bits per heavy atom. The molecule has 0 fully saturated rings. The van der Waals surface area contributed by atoms with Crippen LogP contribution in [0.15, 0.2) is 309 Å². The van der Waals surface area contributed by atoms with Gasteiger partial charge in [-0.1, -0.05) is 0 Å². The first-order valence-corrected chi connectivity index (χ1v) is 31.1. The first kappa shape index (κ1) is 44.4. The maximum atomic E-state index is 9.29. The van der Waals surface area contributed by atoms with Crippen molar-refractivity contribution in [1.29, 1.82) is 0 Å². The number of para-hydroxylation sites is 6. The van der Waals surface area contributed by atoms with E-state index in [0.29, 0.717) is 5.56 Å². The van der Waals surface area contributed by atoms with Crippen LogP contribution in [0.3, 0.4) is 0 Å². The molecule has 0 saturated carbocycles. The van der Waals surface area contributed by atoms with E-state index in [1.807, 2.05) is 41.7 Å². The molecule has 0 N–H and O–H groups in total. The quantitative estimate of drug-likeness (QED) is 0.127. The van der Waals surface area contributed by atoms with Crippen LogP contribution in [0.25, 0.3) is 69.9 Å². The van der Waals surface area contributed by atoms with Gasteiger partial charge in [0.05, 0.1) is 1.37 Å². The SMILES string of the molecule is [2H]c1c([2H])c([2H])c(-c2ccc(N3c4cc(-n5c6ccccc6c6ccccc65)cc5c4B(c4ccc(N(c6ccccc6)c6ccccc6)cc4[Se]5)c4c3cc(N(c3ccccc3)c3ccccc3)c3c4sc4ccccc43)c(-c3ccccc3)c2)c([2H])c1[2H]. The molecule has 4 nitrogen and oxygen atoms in total. The molecule has 13 aromatic carbocycles. The molecule has 15 aromatic rings. The zero-order valence-corrected chi connectivity index (χ0v) is 48.3. The molecular formula is C78H51BN4SSe. The first-order chi connectivity index (χ1) is 44.3. The topological polar surface area (TPSA) is 14.7 Å². The van der Waals surface area contributed by atoms with E-state index in [0.717, 1.165) is 79.0 Å². The summed E-state index contributed by atoms with van der Waals surface area (Å²) in [6.45, 7) is -0.230. The number of thiophene rings is 1. The van der Waals surface area contributed by atoms with E-state index in [9.17, 15) is 2.74 Å². The number of aromatic nitrogens is 1. The number of fused-ring (bicyclic) bond motifs is 11. The molecule has 398 valence electrons. The van der Waals surface area contributed by atoms with Crippen molar-refractivity contribution in [3.63, 3.8) is 0 Å². The Hall–Kier alpha value is -10.1. The zero-order chi connectivity index (χ0) is 60.3. The second-order valence-electron chi connectivity index (χ2n) is 21.6. The molecule has 2 aromatic heterocycles. The molecule has 0 saturated heterocycles. The third-order valence-electron chi connectivity index (χ3n) is 16.8. The summed E-state index contributed by atoms with van der Waals surface area (Å²) in [5.41, 5.74) is 18.7. The molecule has 17 rings (SSSR count). The second-order valence-corrected chi connectivity index (χ2v) is 24.9. The maximum absolute atomic E-state index is 9.29. The fourth-order valence-corrected chi connectivity index (χ4v) is 17.2. The monoisotopic (exact) mass is 1170 g/mol. The Kier molecular flexibility index (Phi) is 10.6. The summed E-state index contributed by atoms with van der Waals surface area (Å²) in [4.78, 5) is 7.31. The molecule has 2 aliphatic rings. The van der Waals surface area contributed by atoms with Crippen LogP contribution in [0.4, 0.5) is 51.2 Å². The molecule has 0 aliphatic carbocycles. The molecule has 0 unspecified atom stereocenters. The molecule has 0 atom stereocenters. The molecule has 0 bridgehead atoms. The van der Waals surface area contributed by atoms with Gasteiger partial charge in [-0.05, 0) is 0 Å². The van der Waals surface area contributed by atoms with Crippen molar-refractivity contribution in [3.8, 4) is 27.9 Å². The summed E-state index contributed by atoms with van der Waals surface area (Å²) in [5.74, 6) is 0. The third-order valence-corrected chi connectivity index (χ3v) is 20.4. The van der Waals surface area contributed by atoms with Crippen molar-refractivity contribution >= 4 is 151 Å². The molecule has 4 heterocycles. The van der Waals surface area contributed by atoms with Crippen molar-refractivity contribution in [3.05, 3.63) is 309 Å². The number of hydrogen-bond acceptors (Lipinski definition) is 4. The van der Waals surface area contributed by atoms with E-state index in [1.165, 1.54) is 56.3 Å². The molecule has 2 aliphatic heterocycles. The molecule has 0 amide bonds. The van der Waals surface area contributed by atoms with Gasteiger partial charge in [-0.3, -0.25) is 0 Å². The van der Waals surface area contributed by atoms with Crippen molar-refractivity contribution in [2.45, 2.75) is 0 Å². The summed E-state index contributed by atoms with van der Waals surface area (Å²) in [6, 6.07) is 98.4. The van der Waals surface area contributed by atoms with Crippen molar-refractivity contribution in [1.82, 2.24) is 4.57 Å². The van der Waals surface area contributed by atoms with Crippen LogP contribution in [0.1, 0.15) is 6.85 Å². The fourth-order valence-electron chi connectivity index (χ4n) is 13.3. The van der Waals surface area contributed by atoms with Gasteiger partial charge in [0, 0.05) is 0 Å². The van der Waals surface area contributed by atoms with Gasteiger partial charge in [0.2, 0.25) is 0 Å². The predicted molar refractivity (Wildman–Crippen MR) is 365 cm³/mol. The summed E-state index contributed by atoms with van der Waals surface area (Å²) in [7, 11) is 0. The normalized spacial score (nSPS) is 13.2. The molecular weight excluding hydrogens is 1110 g/mol. The standard InChI is InChI=1S/C78H51BN4SSe/c1-7-25-52(26-8-1)54-43-46-68(64(47-54)53-27-9-2-10-28-53)83-70-48-60(82-66-40-22-19-37-61(66)62-38-20-23-41-67(62)82)50-74-76(70)79(65-45-44-59(49-73(65)85-74)80(55-29-11-3-12-30-55)56-31-13-4-14-32-56)77-71(83)51-69(75-63-39-21-24-42-72(63)84-78(75)77)81(57-33-15-5-16-34-57)58-35-17-6-18-36-58/h1-51H/i1D,7D,8D,25D,26D. The van der Waals surface area contributed by atoms with Gasteiger partial charge in [0.25, 0.3) is 0 Å². The molecule has 0 radical (unpaired) electrons. The number of nitrogens with zero attached hydrogens (tertiary/aromatic N) is 4. The van der Waals surface area contributed by atoms with Gasteiger partial charge in [-0.25, -0.2) is 0 Å². The Morgan fingerprint density at radius 3 is 1.59 bits per heavy atom. The minimum absolute atomic E-state index is 0.155. The third kappa shape index (κ3) is 8.11. The molecule has 0 spiro atoms. The Labute approximate surface area is 511 Å². The van der Waals surface area contributed by atoms with E-state index in [-0.39, 0.29) is 51.4 Å². The Balaban J connectivity index is 1.03. The Morgan fingerprint density at radius 1 is 0.400 bits per heavy atom. The predicted octanol–water partition coefficient (Wildman–Crippen LogP) is 17.7. The van der Waals surface area contributed by atoms with Gasteiger partial charge in [0.15, 0.2) is 0 Å². The summed E-state index contributed by atoms with van der Waals surface area (Å²) >= 11 is 1.63. The van der Waals surface area contributed by atoms with E-state index in [1.54, 1.807) is 0 Å². The van der Waals surface area contributed by atoms with Crippen LogP contribution in [-0.2, 0) is 0 Å². The van der Waals surface area contributed by atoms with Crippen LogP contribution in [0, 0.1) is 0 Å². The number of benzene rings is 13. The van der Waals surface area contributed by atoms with Crippen LogP contribution >= 0.6 is 11.3 Å². The summed E-state index contributed by atoms with van der Waals surface area (Å²) < 4.78 is 52.3. The van der Waals surface area contributed by atoms with Gasteiger partial charge >= 0.3 is 513 Å². The van der Waals surface area contributed by atoms with Crippen LogP contribution in [0.5, 0.6) is 0 Å². The number of rotatable bonds is 10. The number of anilines is 9. The van der Waals surface area contributed by atoms with Gasteiger partial charge in [-0.2, -0.15) is 0 Å². The second kappa shape index (κ2) is 20.3. The summed E-state index contributed by atoms with van der Waals surface area (Å²) in [6.07, 6.45) is 0. The molecule has 7 heteroatoms. The summed E-state index contributed by atoms with van der Waals surface area (Å²) in [5, 5.41) is 4.70. The zero-order valence-electron chi connectivity index (χ0n) is 50.7. The van der Waals surface area contributed by atoms with Crippen LogP contribution < -0.4 is 40.0 Å². The Bertz CT molecular complexity index is 5220. The van der Waals surface area contributed by atoms with Crippen molar-refractivity contribution in [2.75, 3.05) is 14.7 Å². The average molecular weight is 1170 g/mol. The van der Waals surface area contributed by atoms with E-state index >= 15 is 0 Å². The van der Waals surface area contributed by atoms with Crippen molar-refractivity contribution in [2.24, 2.45) is 0 Å². The minimum atomic E-state index is -0.423. The van der Waals surface area contributed by atoms with E-state index in [4.69, 9.17) is 4.11 Å². The molecule has 85 heavy (non-hydrogen) atoms. The fraction of sp³-hybridized carbons (Fsp3) is 0. The number of hydrogen-bond donors (Lipinski definition) is 0. The van der Waals surface area contributed by atoms with Gasteiger partial charge in [-0.15, -0.1) is 0 Å². The first-order valence-electron chi connectivity index (χ1n) is 31.1. The van der Waals surface area contributed by atoms with Crippen LogP contribution in [0.2, 0.25) is 0 Å². The average Bonchev–Trinajstić information content (AvgIpc) is 1.12.